The summed E-state index contributed by atoms with van der Waals surface area (Å²) in [4.78, 5) is 0. The van der Waals surface area contributed by atoms with E-state index in [1.54, 1.807) is 12.1 Å². The van der Waals surface area contributed by atoms with Crippen molar-refractivity contribution in [3.05, 3.63) is 65.0 Å². The molecule has 2 rings (SSSR count). The molecule has 0 amide bonds. The molecule has 0 aliphatic rings. The molecule has 2 aromatic rings. The Balaban J connectivity index is 1.80. The highest BCUT2D eigenvalue weighted by Gasteiger charge is 2.05. The van der Waals surface area contributed by atoms with Gasteiger partial charge in [-0.25, -0.2) is 4.39 Å². The van der Waals surface area contributed by atoms with Crippen LogP contribution in [-0.2, 0) is 6.54 Å². The summed E-state index contributed by atoms with van der Waals surface area (Å²) in [5.41, 5.74) is 3.29. The minimum Gasteiger partial charge on any atom is -0.492 e. The highest BCUT2D eigenvalue weighted by Crippen LogP contribution is 2.12. The van der Waals surface area contributed by atoms with Gasteiger partial charge in [0.15, 0.2) is 0 Å². The maximum Gasteiger partial charge on any atom is 0.123 e. The molecule has 0 saturated carbocycles. The fraction of sp³-hybridized carbons (Fsp3) is 0.333. The third kappa shape index (κ3) is 4.87. The molecular formula is C18H22FNO. The van der Waals surface area contributed by atoms with Crippen LogP contribution in [0, 0.1) is 19.7 Å². The summed E-state index contributed by atoms with van der Waals surface area (Å²) in [6.07, 6.45) is 0. The van der Waals surface area contributed by atoms with Crippen molar-refractivity contribution < 1.29 is 9.13 Å². The number of ether oxygens (including phenoxy) is 1. The van der Waals surface area contributed by atoms with E-state index in [0.717, 1.165) is 16.9 Å². The lowest BCUT2D eigenvalue weighted by Gasteiger charge is -2.16. The Bertz CT molecular complexity index is 580. The van der Waals surface area contributed by atoms with Crippen LogP contribution in [0.25, 0.3) is 0 Å². The molecule has 0 fully saturated rings. The third-order valence-corrected chi connectivity index (χ3v) is 3.47. The summed E-state index contributed by atoms with van der Waals surface area (Å²) in [7, 11) is 0. The van der Waals surface area contributed by atoms with Crippen molar-refractivity contribution in [3.63, 3.8) is 0 Å². The van der Waals surface area contributed by atoms with E-state index in [1.165, 1.54) is 11.6 Å². The highest BCUT2D eigenvalue weighted by atomic mass is 19.1. The molecule has 112 valence electrons. The van der Waals surface area contributed by atoms with Crippen molar-refractivity contribution in [2.75, 3.05) is 6.61 Å². The van der Waals surface area contributed by atoms with E-state index in [-0.39, 0.29) is 11.9 Å². The van der Waals surface area contributed by atoms with Crippen LogP contribution in [-0.4, -0.2) is 12.6 Å². The Labute approximate surface area is 126 Å². The summed E-state index contributed by atoms with van der Waals surface area (Å²) in [5, 5.41) is 3.36. The van der Waals surface area contributed by atoms with Crippen LogP contribution in [0.5, 0.6) is 5.75 Å². The Kier molecular flexibility index (Phi) is 5.34. The second-order valence-corrected chi connectivity index (χ2v) is 5.48. The average Bonchev–Trinajstić information content (AvgIpc) is 2.47. The molecule has 1 N–H and O–H groups in total. The summed E-state index contributed by atoms with van der Waals surface area (Å²) in [5.74, 6) is 0.678. The number of hydrogen-bond donors (Lipinski definition) is 1. The van der Waals surface area contributed by atoms with Crippen molar-refractivity contribution in [2.45, 2.75) is 33.4 Å². The van der Waals surface area contributed by atoms with E-state index >= 15 is 0 Å². The summed E-state index contributed by atoms with van der Waals surface area (Å²) in [6, 6.07) is 13.1. The number of rotatable bonds is 6. The summed E-state index contributed by atoms with van der Waals surface area (Å²) in [6.45, 7) is 7.32. The van der Waals surface area contributed by atoms with Gasteiger partial charge < -0.3 is 10.1 Å². The zero-order chi connectivity index (χ0) is 15.2. The first-order chi connectivity index (χ1) is 10.0. The van der Waals surface area contributed by atoms with Crippen LogP contribution >= 0.6 is 0 Å². The monoisotopic (exact) mass is 287 g/mol. The first-order valence-electron chi connectivity index (χ1n) is 7.22. The zero-order valence-electron chi connectivity index (χ0n) is 12.8. The average molecular weight is 287 g/mol. The Morgan fingerprint density at radius 3 is 2.52 bits per heavy atom. The van der Waals surface area contributed by atoms with Gasteiger partial charge in [-0.05, 0) is 56.2 Å². The van der Waals surface area contributed by atoms with Crippen LogP contribution in [0.1, 0.15) is 23.6 Å². The number of aryl methyl sites for hydroxylation is 2. The van der Waals surface area contributed by atoms with Gasteiger partial charge in [0.1, 0.15) is 18.2 Å². The molecule has 1 unspecified atom stereocenters. The van der Waals surface area contributed by atoms with E-state index in [4.69, 9.17) is 4.74 Å². The molecule has 21 heavy (non-hydrogen) atoms. The van der Waals surface area contributed by atoms with Crippen molar-refractivity contribution in [1.82, 2.24) is 5.32 Å². The molecule has 0 aliphatic carbocycles. The van der Waals surface area contributed by atoms with Crippen LogP contribution in [0.4, 0.5) is 4.39 Å². The second kappa shape index (κ2) is 7.23. The van der Waals surface area contributed by atoms with Crippen LogP contribution in [0.15, 0.2) is 42.5 Å². The minimum atomic E-state index is -0.194. The van der Waals surface area contributed by atoms with Crippen molar-refractivity contribution in [3.8, 4) is 5.75 Å². The molecule has 0 aromatic heterocycles. The van der Waals surface area contributed by atoms with Crippen LogP contribution < -0.4 is 10.1 Å². The smallest absolute Gasteiger partial charge is 0.123 e. The molecule has 0 bridgehead atoms. The maximum atomic E-state index is 13.2. The van der Waals surface area contributed by atoms with Gasteiger partial charge in [0, 0.05) is 12.6 Å². The Hall–Kier alpha value is -1.87. The molecule has 1 atom stereocenters. The topological polar surface area (TPSA) is 21.3 Å². The van der Waals surface area contributed by atoms with E-state index in [9.17, 15) is 4.39 Å². The number of nitrogens with one attached hydrogen (secondary N) is 1. The SMILES string of the molecule is Cc1ccc(OCC(C)NCc2cc(F)ccc2C)cc1. The van der Waals surface area contributed by atoms with Crippen molar-refractivity contribution in [2.24, 2.45) is 0 Å². The van der Waals surface area contributed by atoms with Gasteiger partial charge in [-0.1, -0.05) is 23.8 Å². The van der Waals surface area contributed by atoms with E-state index in [2.05, 4.69) is 19.2 Å². The molecule has 2 nitrogen and oxygen atoms in total. The lowest BCUT2D eigenvalue weighted by molar-refractivity contribution is 0.272. The molecule has 0 spiro atoms. The predicted molar refractivity (Wildman–Crippen MR) is 84.1 cm³/mol. The lowest BCUT2D eigenvalue weighted by atomic mass is 10.1. The molecular weight excluding hydrogens is 265 g/mol. The highest BCUT2D eigenvalue weighted by molar-refractivity contribution is 5.27. The van der Waals surface area contributed by atoms with Crippen molar-refractivity contribution in [1.29, 1.82) is 0 Å². The minimum absolute atomic E-state index is 0.189. The maximum absolute atomic E-state index is 13.2. The normalized spacial score (nSPS) is 12.2. The van der Waals surface area contributed by atoms with E-state index < -0.39 is 0 Å². The Morgan fingerprint density at radius 2 is 1.81 bits per heavy atom. The van der Waals surface area contributed by atoms with Crippen molar-refractivity contribution >= 4 is 0 Å². The summed E-state index contributed by atoms with van der Waals surface area (Å²) < 4.78 is 18.9. The van der Waals surface area contributed by atoms with Crippen LogP contribution in [0.3, 0.4) is 0 Å². The standard InChI is InChI=1S/C18H22FNO/c1-13-4-8-18(9-5-13)21-12-15(3)20-11-16-10-17(19)7-6-14(16)2/h4-10,15,20H,11-12H2,1-3H3. The number of benzene rings is 2. The molecule has 0 heterocycles. The van der Waals surface area contributed by atoms with Gasteiger partial charge in [0.2, 0.25) is 0 Å². The Morgan fingerprint density at radius 1 is 1.10 bits per heavy atom. The predicted octanol–water partition coefficient (Wildman–Crippen LogP) is 4.00. The van der Waals surface area contributed by atoms with Gasteiger partial charge in [0.05, 0.1) is 0 Å². The molecule has 2 aromatic carbocycles. The molecule has 3 heteroatoms. The molecule has 0 saturated heterocycles. The molecule has 0 radical (unpaired) electrons. The lowest BCUT2D eigenvalue weighted by Crippen LogP contribution is -2.31. The molecule has 0 aliphatic heterocycles. The van der Waals surface area contributed by atoms with Gasteiger partial charge >= 0.3 is 0 Å². The van der Waals surface area contributed by atoms with Gasteiger partial charge in [-0.2, -0.15) is 0 Å². The fourth-order valence-electron chi connectivity index (χ4n) is 2.03. The first kappa shape index (κ1) is 15.5. The van der Waals surface area contributed by atoms with E-state index in [0.29, 0.717) is 13.2 Å². The zero-order valence-corrected chi connectivity index (χ0v) is 12.8. The van der Waals surface area contributed by atoms with Gasteiger partial charge in [-0.3, -0.25) is 0 Å². The van der Waals surface area contributed by atoms with Crippen LogP contribution in [0.2, 0.25) is 0 Å². The number of hydrogen-bond acceptors (Lipinski definition) is 2. The second-order valence-electron chi connectivity index (χ2n) is 5.48. The van der Waals surface area contributed by atoms with E-state index in [1.807, 2.05) is 31.2 Å². The van der Waals surface area contributed by atoms with Gasteiger partial charge in [-0.15, -0.1) is 0 Å². The largest absolute Gasteiger partial charge is 0.492 e. The first-order valence-corrected chi connectivity index (χ1v) is 7.22. The van der Waals surface area contributed by atoms with Gasteiger partial charge in [0.25, 0.3) is 0 Å². The number of halogens is 1. The third-order valence-electron chi connectivity index (χ3n) is 3.47. The summed E-state index contributed by atoms with van der Waals surface area (Å²) >= 11 is 0. The quantitative estimate of drug-likeness (QED) is 0.867. The fourth-order valence-corrected chi connectivity index (χ4v) is 2.03.